The minimum Gasteiger partial charge on any atom is -0.497 e. The third kappa shape index (κ3) is 4.69. The molecule has 1 aliphatic rings. The van der Waals surface area contributed by atoms with Crippen molar-refractivity contribution in [3.63, 3.8) is 0 Å². The molecule has 1 saturated heterocycles. The molecule has 4 heteroatoms. The van der Waals surface area contributed by atoms with Gasteiger partial charge in [0, 0.05) is 19.6 Å². The number of ether oxygens (including phenoxy) is 3. The zero-order valence-electron chi connectivity index (χ0n) is 12.7. The molecule has 0 N–H and O–H groups in total. The smallest absolute Gasteiger partial charge is 0.119 e. The van der Waals surface area contributed by atoms with Crippen LogP contribution in [0.1, 0.15) is 20.3 Å². The van der Waals surface area contributed by atoms with Crippen LogP contribution in [0.15, 0.2) is 24.3 Å². The third-order valence-corrected chi connectivity index (χ3v) is 3.44. The summed E-state index contributed by atoms with van der Waals surface area (Å²) in [7, 11) is 1.67. The zero-order valence-corrected chi connectivity index (χ0v) is 12.7. The molecule has 1 aromatic carbocycles. The number of rotatable bonds is 6. The Hall–Kier alpha value is -1.26. The Morgan fingerprint density at radius 3 is 2.30 bits per heavy atom. The number of hydrogen-bond donors (Lipinski definition) is 0. The second kappa shape index (κ2) is 7.50. The van der Waals surface area contributed by atoms with E-state index in [-0.39, 0.29) is 0 Å². The number of nitrogens with zero attached hydrogens (tertiary/aromatic N) is 1. The molecule has 0 bridgehead atoms. The summed E-state index contributed by atoms with van der Waals surface area (Å²) in [4.78, 5) is 2.45. The van der Waals surface area contributed by atoms with E-state index in [1.54, 1.807) is 7.11 Å². The summed E-state index contributed by atoms with van der Waals surface area (Å²) in [5.74, 6) is 1.75. The molecule has 1 aliphatic heterocycles. The molecular weight excluding hydrogens is 254 g/mol. The molecule has 1 heterocycles. The summed E-state index contributed by atoms with van der Waals surface area (Å²) in [6.07, 6.45) is 1.70. The van der Waals surface area contributed by atoms with Crippen molar-refractivity contribution in [3.8, 4) is 11.5 Å². The van der Waals surface area contributed by atoms with Gasteiger partial charge in [0.2, 0.25) is 0 Å². The fourth-order valence-corrected chi connectivity index (χ4v) is 2.62. The van der Waals surface area contributed by atoms with Gasteiger partial charge in [-0.3, -0.25) is 4.90 Å². The maximum Gasteiger partial charge on any atom is 0.119 e. The number of benzene rings is 1. The number of methoxy groups -OCH3 is 1. The summed E-state index contributed by atoms with van der Waals surface area (Å²) in [5.41, 5.74) is 0. The molecule has 0 saturated carbocycles. The van der Waals surface area contributed by atoms with Gasteiger partial charge in [-0.2, -0.15) is 0 Å². The average molecular weight is 279 g/mol. The van der Waals surface area contributed by atoms with E-state index >= 15 is 0 Å². The molecule has 4 nitrogen and oxygen atoms in total. The number of hydrogen-bond acceptors (Lipinski definition) is 4. The second-order valence-electron chi connectivity index (χ2n) is 5.39. The van der Waals surface area contributed by atoms with Gasteiger partial charge in [0.05, 0.1) is 25.9 Å². The van der Waals surface area contributed by atoms with Crippen molar-refractivity contribution in [2.45, 2.75) is 32.5 Å². The fourth-order valence-electron chi connectivity index (χ4n) is 2.62. The molecule has 0 aromatic heterocycles. The van der Waals surface area contributed by atoms with E-state index < -0.39 is 0 Å². The molecule has 0 radical (unpaired) electrons. The minimum absolute atomic E-state index is 0.334. The Morgan fingerprint density at radius 2 is 1.70 bits per heavy atom. The van der Waals surface area contributed by atoms with Crippen molar-refractivity contribution in [1.82, 2.24) is 4.90 Å². The summed E-state index contributed by atoms with van der Waals surface area (Å²) in [6.45, 7) is 8.12. The predicted octanol–water partition coefficient (Wildman–Crippen LogP) is 2.57. The summed E-state index contributed by atoms with van der Waals surface area (Å²) >= 11 is 0. The highest BCUT2D eigenvalue weighted by atomic mass is 16.5. The van der Waals surface area contributed by atoms with Gasteiger partial charge < -0.3 is 14.2 Å². The molecule has 0 amide bonds. The zero-order chi connectivity index (χ0) is 14.4. The topological polar surface area (TPSA) is 30.9 Å². The van der Waals surface area contributed by atoms with E-state index in [0.717, 1.165) is 44.2 Å². The Kier molecular flexibility index (Phi) is 5.68. The van der Waals surface area contributed by atoms with Crippen molar-refractivity contribution in [1.29, 1.82) is 0 Å². The SMILES string of the molecule is COc1ccc(OCCCN2C[C@@H](C)O[C@@H](C)C2)cc1. The Bertz CT molecular complexity index is 383. The highest BCUT2D eigenvalue weighted by Crippen LogP contribution is 2.17. The highest BCUT2D eigenvalue weighted by molar-refractivity contribution is 5.31. The lowest BCUT2D eigenvalue weighted by atomic mass is 10.2. The lowest BCUT2D eigenvalue weighted by molar-refractivity contribution is -0.0686. The number of morpholine rings is 1. The van der Waals surface area contributed by atoms with Crippen molar-refractivity contribution in [2.75, 3.05) is 33.4 Å². The van der Waals surface area contributed by atoms with E-state index in [1.165, 1.54) is 0 Å². The van der Waals surface area contributed by atoms with Gasteiger partial charge in [0.25, 0.3) is 0 Å². The molecular formula is C16H25NO3. The Labute approximate surface area is 121 Å². The van der Waals surface area contributed by atoms with Crippen molar-refractivity contribution in [2.24, 2.45) is 0 Å². The first kappa shape index (κ1) is 15.1. The van der Waals surface area contributed by atoms with E-state index in [9.17, 15) is 0 Å². The molecule has 1 fully saturated rings. The van der Waals surface area contributed by atoms with Gasteiger partial charge in [-0.05, 0) is 44.5 Å². The normalized spacial score (nSPS) is 23.6. The van der Waals surface area contributed by atoms with Gasteiger partial charge in [0.1, 0.15) is 11.5 Å². The van der Waals surface area contributed by atoms with E-state index in [1.807, 2.05) is 24.3 Å². The van der Waals surface area contributed by atoms with Crippen molar-refractivity contribution in [3.05, 3.63) is 24.3 Å². The maximum atomic E-state index is 5.74. The third-order valence-electron chi connectivity index (χ3n) is 3.44. The summed E-state index contributed by atoms with van der Waals surface area (Å²) < 4.78 is 16.6. The molecule has 1 aromatic rings. The summed E-state index contributed by atoms with van der Waals surface area (Å²) in [5, 5.41) is 0. The van der Waals surface area contributed by atoms with Crippen LogP contribution in [0.5, 0.6) is 11.5 Å². The first-order valence-corrected chi connectivity index (χ1v) is 7.32. The molecule has 0 aliphatic carbocycles. The molecule has 2 rings (SSSR count). The van der Waals surface area contributed by atoms with Gasteiger partial charge in [0.15, 0.2) is 0 Å². The lowest BCUT2D eigenvalue weighted by Gasteiger charge is -2.35. The van der Waals surface area contributed by atoms with Gasteiger partial charge in [-0.1, -0.05) is 0 Å². The molecule has 2 atom stereocenters. The fraction of sp³-hybridized carbons (Fsp3) is 0.625. The van der Waals surface area contributed by atoms with Crippen LogP contribution in [0.4, 0.5) is 0 Å². The van der Waals surface area contributed by atoms with Crippen LogP contribution in [0.2, 0.25) is 0 Å². The van der Waals surface area contributed by atoms with Crippen LogP contribution in [0, 0.1) is 0 Å². The van der Waals surface area contributed by atoms with Crippen LogP contribution in [0.3, 0.4) is 0 Å². The van der Waals surface area contributed by atoms with Crippen LogP contribution in [-0.4, -0.2) is 50.5 Å². The quantitative estimate of drug-likeness (QED) is 0.749. The highest BCUT2D eigenvalue weighted by Gasteiger charge is 2.21. The standard InChI is InChI=1S/C16H25NO3/c1-13-11-17(12-14(2)20-13)9-4-10-19-16-7-5-15(18-3)6-8-16/h5-8,13-14H,4,9-12H2,1-3H3/t13-,14+. The van der Waals surface area contributed by atoms with E-state index in [4.69, 9.17) is 14.2 Å². The van der Waals surface area contributed by atoms with Gasteiger partial charge in [-0.15, -0.1) is 0 Å². The van der Waals surface area contributed by atoms with Crippen LogP contribution >= 0.6 is 0 Å². The Morgan fingerprint density at radius 1 is 1.10 bits per heavy atom. The lowest BCUT2D eigenvalue weighted by Crippen LogP contribution is -2.45. The van der Waals surface area contributed by atoms with Crippen LogP contribution in [0.25, 0.3) is 0 Å². The minimum atomic E-state index is 0.334. The molecule has 0 unspecified atom stereocenters. The molecule has 20 heavy (non-hydrogen) atoms. The molecule has 0 spiro atoms. The first-order valence-electron chi connectivity index (χ1n) is 7.32. The molecule has 112 valence electrons. The van der Waals surface area contributed by atoms with Gasteiger partial charge >= 0.3 is 0 Å². The van der Waals surface area contributed by atoms with Crippen molar-refractivity contribution < 1.29 is 14.2 Å². The van der Waals surface area contributed by atoms with Gasteiger partial charge in [-0.25, -0.2) is 0 Å². The average Bonchev–Trinajstić information content (AvgIpc) is 2.43. The largest absolute Gasteiger partial charge is 0.497 e. The van der Waals surface area contributed by atoms with E-state index in [2.05, 4.69) is 18.7 Å². The van der Waals surface area contributed by atoms with E-state index in [0.29, 0.717) is 12.2 Å². The first-order chi connectivity index (χ1) is 9.67. The van der Waals surface area contributed by atoms with Crippen LogP contribution < -0.4 is 9.47 Å². The van der Waals surface area contributed by atoms with Crippen LogP contribution in [-0.2, 0) is 4.74 Å². The predicted molar refractivity (Wildman–Crippen MR) is 79.6 cm³/mol. The maximum absolute atomic E-state index is 5.74. The monoisotopic (exact) mass is 279 g/mol. The Balaban J connectivity index is 1.65. The summed E-state index contributed by atoms with van der Waals surface area (Å²) in [6, 6.07) is 7.72. The van der Waals surface area contributed by atoms with Crippen molar-refractivity contribution >= 4 is 0 Å². The second-order valence-corrected chi connectivity index (χ2v) is 5.39.